The number of carbonyl (C=O) groups is 1. The van der Waals surface area contributed by atoms with Crippen molar-refractivity contribution >= 4 is 5.91 Å². The molecule has 20 heavy (non-hydrogen) atoms. The molecule has 106 valence electrons. The maximum absolute atomic E-state index is 12.4. The van der Waals surface area contributed by atoms with Crippen LogP contribution >= 0.6 is 0 Å². The molecule has 1 saturated heterocycles. The molecular weight excluding hydrogens is 250 g/mol. The van der Waals surface area contributed by atoms with Gasteiger partial charge in [-0.25, -0.2) is 0 Å². The van der Waals surface area contributed by atoms with Gasteiger partial charge in [-0.15, -0.1) is 0 Å². The first-order chi connectivity index (χ1) is 9.61. The molecule has 1 unspecified atom stereocenters. The molecule has 1 aromatic carbocycles. The van der Waals surface area contributed by atoms with Crippen molar-refractivity contribution in [3.05, 3.63) is 35.4 Å². The van der Waals surface area contributed by atoms with Crippen molar-refractivity contribution in [3.8, 4) is 6.07 Å². The molecule has 0 saturated carbocycles. The second-order valence-corrected chi connectivity index (χ2v) is 5.44. The van der Waals surface area contributed by atoms with Crippen LogP contribution in [0.5, 0.6) is 0 Å². The highest BCUT2D eigenvalue weighted by Gasteiger charge is 2.26. The van der Waals surface area contributed by atoms with Gasteiger partial charge < -0.3 is 9.80 Å². The Morgan fingerprint density at radius 3 is 2.55 bits per heavy atom. The number of benzene rings is 1. The average molecular weight is 271 g/mol. The first-order valence-corrected chi connectivity index (χ1v) is 7.03. The number of nitriles is 1. The average Bonchev–Trinajstić information content (AvgIpc) is 2.46. The van der Waals surface area contributed by atoms with Gasteiger partial charge in [0.05, 0.1) is 6.07 Å². The summed E-state index contributed by atoms with van der Waals surface area (Å²) in [5, 5.41) is 9.32. The van der Waals surface area contributed by atoms with Crippen LogP contribution < -0.4 is 0 Å². The van der Waals surface area contributed by atoms with Gasteiger partial charge in [0.2, 0.25) is 5.91 Å². The predicted molar refractivity (Wildman–Crippen MR) is 78.1 cm³/mol. The summed E-state index contributed by atoms with van der Waals surface area (Å²) in [7, 11) is 2.05. The highest BCUT2D eigenvalue weighted by atomic mass is 16.2. The minimum atomic E-state index is -0.570. The fraction of sp³-hybridized carbons (Fsp3) is 0.500. The van der Waals surface area contributed by atoms with Crippen molar-refractivity contribution in [2.75, 3.05) is 33.2 Å². The van der Waals surface area contributed by atoms with Crippen molar-refractivity contribution in [1.82, 2.24) is 9.80 Å². The Bertz CT molecular complexity index is 513. The molecule has 1 aromatic rings. The van der Waals surface area contributed by atoms with E-state index in [9.17, 15) is 10.1 Å². The number of piperazine rings is 1. The molecule has 4 heteroatoms. The van der Waals surface area contributed by atoms with Crippen molar-refractivity contribution in [2.45, 2.75) is 13.3 Å². The molecule has 0 aliphatic carbocycles. The van der Waals surface area contributed by atoms with Gasteiger partial charge in [0, 0.05) is 26.2 Å². The highest BCUT2D eigenvalue weighted by molar-refractivity contribution is 5.81. The van der Waals surface area contributed by atoms with E-state index in [0.717, 1.165) is 37.3 Å². The Hall–Kier alpha value is -1.86. The first kappa shape index (κ1) is 14.5. The van der Waals surface area contributed by atoms with Gasteiger partial charge in [-0.2, -0.15) is 5.26 Å². The summed E-state index contributed by atoms with van der Waals surface area (Å²) < 4.78 is 0. The number of hydrogen-bond acceptors (Lipinski definition) is 3. The minimum absolute atomic E-state index is 0.0242. The summed E-state index contributed by atoms with van der Waals surface area (Å²) in [6.07, 6.45) is 0.508. The van der Waals surface area contributed by atoms with E-state index in [-0.39, 0.29) is 5.91 Å². The molecule has 0 radical (unpaired) electrons. The van der Waals surface area contributed by atoms with Crippen molar-refractivity contribution < 1.29 is 4.79 Å². The van der Waals surface area contributed by atoms with E-state index in [1.54, 1.807) is 0 Å². The topological polar surface area (TPSA) is 47.3 Å². The van der Waals surface area contributed by atoms with Crippen LogP contribution in [0.4, 0.5) is 0 Å². The Kier molecular flexibility index (Phi) is 4.75. The third-order valence-corrected chi connectivity index (χ3v) is 3.95. The lowest BCUT2D eigenvalue weighted by Gasteiger charge is -2.33. The largest absolute Gasteiger partial charge is 0.339 e. The fourth-order valence-corrected chi connectivity index (χ4v) is 2.49. The lowest BCUT2D eigenvalue weighted by atomic mass is 9.96. The van der Waals surface area contributed by atoms with Crippen LogP contribution in [0.1, 0.15) is 11.1 Å². The summed E-state index contributed by atoms with van der Waals surface area (Å²) in [6, 6.07) is 10.1. The summed E-state index contributed by atoms with van der Waals surface area (Å²) in [5.74, 6) is -0.594. The number of amides is 1. The molecule has 1 atom stereocenters. The number of nitrogens with zero attached hydrogens (tertiary/aromatic N) is 3. The molecule has 1 aliphatic heterocycles. The normalized spacial score (nSPS) is 17.6. The molecule has 1 amide bonds. The van der Waals surface area contributed by atoms with Crippen molar-refractivity contribution in [1.29, 1.82) is 5.26 Å². The lowest BCUT2D eigenvalue weighted by Crippen LogP contribution is -2.49. The molecule has 0 aromatic heterocycles. The van der Waals surface area contributed by atoms with Gasteiger partial charge in [-0.05, 0) is 31.5 Å². The van der Waals surface area contributed by atoms with Crippen LogP contribution in [0.3, 0.4) is 0 Å². The number of carbonyl (C=O) groups excluding carboxylic acids is 1. The number of hydrogen-bond donors (Lipinski definition) is 0. The van der Waals surface area contributed by atoms with Crippen LogP contribution in [0.2, 0.25) is 0 Å². The molecule has 1 heterocycles. The lowest BCUT2D eigenvalue weighted by molar-refractivity contribution is -0.135. The van der Waals surface area contributed by atoms with Gasteiger partial charge in [0.1, 0.15) is 5.92 Å². The van der Waals surface area contributed by atoms with Crippen molar-refractivity contribution in [2.24, 2.45) is 5.92 Å². The molecule has 1 aliphatic rings. The monoisotopic (exact) mass is 271 g/mol. The zero-order valence-corrected chi connectivity index (χ0v) is 12.2. The summed E-state index contributed by atoms with van der Waals surface area (Å²) in [6.45, 7) is 5.23. The van der Waals surface area contributed by atoms with Gasteiger partial charge in [-0.3, -0.25) is 4.79 Å². The standard InChI is InChI=1S/C16H21N3O/c1-13-5-3-4-6-14(13)11-15(12-17)16(20)19-9-7-18(2)8-10-19/h3-6,15H,7-11H2,1-2H3. The SMILES string of the molecule is Cc1ccccc1CC(C#N)C(=O)N1CCN(C)CC1. The van der Waals surface area contributed by atoms with Crippen LogP contribution in [0.25, 0.3) is 0 Å². The third-order valence-electron chi connectivity index (χ3n) is 3.95. The van der Waals surface area contributed by atoms with E-state index in [0.29, 0.717) is 6.42 Å². The Morgan fingerprint density at radius 2 is 1.95 bits per heavy atom. The quantitative estimate of drug-likeness (QED) is 0.836. The maximum atomic E-state index is 12.4. The molecule has 4 nitrogen and oxygen atoms in total. The predicted octanol–water partition coefficient (Wildman–Crippen LogP) is 1.45. The summed E-state index contributed by atoms with van der Waals surface area (Å²) >= 11 is 0. The van der Waals surface area contributed by atoms with Gasteiger partial charge >= 0.3 is 0 Å². The van der Waals surface area contributed by atoms with Crippen LogP contribution in [-0.2, 0) is 11.2 Å². The van der Waals surface area contributed by atoms with Gasteiger partial charge in [0.15, 0.2) is 0 Å². The first-order valence-electron chi connectivity index (χ1n) is 7.03. The smallest absolute Gasteiger partial charge is 0.240 e. The summed E-state index contributed by atoms with van der Waals surface area (Å²) in [4.78, 5) is 16.5. The second-order valence-electron chi connectivity index (χ2n) is 5.44. The van der Waals surface area contributed by atoms with E-state index in [1.165, 1.54) is 0 Å². The summed E-state index contributed by atoms with van der Waals surface area (Å²) in [5.41, 5.74) is 2.22. The zero-order chi connectivity index (χ0) is 14.5. The Morgan fingerprint density at radius 1 is 1.30 bits per heavy atom. The minimum Gasteiger partial charge on any atom is -0.339 e. The van der Waals surface area contributed by atoms with E-state index in [1.807, 2.05) is 36.1 Å². The Balaban J connectivity index is 2.03. The van der Waals surface area contributed by atoms with E-state index in [4.69, 9.17) is 0 Å². The third kappa shape index (κ3) is 3.37. The number of likely N-dealkylation sites (N-methyl/N-ethyl adjacent to an activating group) is 1. The van der Waals surface area contributed by atoms with Gasteiger partial charge in [0.25, 0.3) is 0 Å². The Labute approximate surface area is 120 Å². The van der Waals surface area contributed by atoms with E-state index in [2.05, 4.69) is 18.0 Å². The van der Waals surface area contributed by atoms with Crippen LogP contribution in [0, 0.1) is 24.2 Å². The fourth-order valence-electron chi connectivity index (χ4n) is 2.49. The molecule has 0 spiro atoms. The number of rotatable bonds is 3. The highest BCUT2D eigenvalue weighted by Crippen LogP contribution is 2.16. The zero-order valence-electron chi connectivity index (χ0n) is 12.2. The van der Waals surface area contributed by atoms with Crippen molar-refractivity contribution in [3.63, 3.8) is 0 Å². The molecule has 1 fully saturated rings. The molecule has 2 rings (SSSR count). The molecule has 0 bridgehead atoms. The molecule has 0 N–H and O–H groups in total. The van der Waals surface area contributed by atoms with Gasteiger partial charge in [-0.1, -0.05) is 24.3 Å². The van der Waals surface area contributed by atoms with E-state index < -0.39 is 5.92 Å². The second kappa shape index (κ2) is 6.53. The van der Waals surface area contributed by atoms with Crippen LogP contribution in [0.15, 0.2) is 24.3 Å². The van der Waals surface area contributed by atoms with Crippen LogP contribution in [-0.4, -0.2) is 48.9 Å². The molecular formula is C16H21N3O. The number of aryl methyl sites for hydroxylation is 1. The maximum Gasteiger partial charge on any atom is 0.240 e. The van der Waals surface area contributed by atoms with E-state index >= 15 is 0 Å².